The molecule has 0 saturated carbocycles. The molecule has 0 bridgehead atoms. The lowest BCUT2D eigenvalue weighted by atomic mass is 10.0. The molecule has 0 aromatic heterocycles. The van der Waals surface area contributed by atoms with E-state index in [1.54, 1.807) is 0 Å². The Morgan fingerprint density at radius 3 is 2.15 bits per heavy atom. The van der Waals surface area contributed by atoms with E-state index in [2.05, 4.69) is 0 Å². The van der Waals surface area contributed by atoms with Crippen LogP contribution in [0.4, 0.5) is 5.69 Å². The van der Waals surface area contributed by atoms with E-state index in [0.717, 1.165) is 16.9 Å². The first kappa shape index (κ1) is 23.1. The summed E-state index contributed by atoms with van der Waals surface area (Å²) in [4.78, 5) is 30.9. The predicted molar refractivity (Wildman–Crippen MR) is 129 cm³/mol. The van der Waals surface area contributed by atoms with Crippen molar-refractivity contribution in [2.24, 2.45) is 0 Å². The third kappa shape index (κ3) is 4.53. The second kappa shape index (κ2) is 9.02. The molecule has 1 saturated heterocycles. The third-order valence-electron chi connectivity index (χ3n) is 5.90. The topological polar surface area (TPSA) is 59.1 Å². The summed E-state index contributed by atoms with van der Waals surface area (Å²) >= 11 is 0. The maximum absolute atomic E-state index is 13.8. The van der Waals surface area contributed by atoms with Crippen molar-refractivity contribution in [1.29, 1.82) is 0 Å². The molecule has 2 atom stereocenters. The maximum atomic E-state index is 13.8. The summed E-state index contributed by atoms with van der Waals surface area (Å²) < 4.78 is 11.6. The second-order valence-corrected chi connectivity index (χ2v) is 9.31. The quantitative estimate of drug-likeness (QED) is 0.631. The van der Waals surface area contributed by atoms with Crippen LogP contribution in [-0.2, 0) is 14.3 Å². The summed E-state index contributed by atoms with van der Waals surface area (Å²) in [5.74, 6) is 0.143. The molecule has 6 heteroatoms. The van der Waals surface area contributed by atoms with Gasteiger partial charge in [-0.2, -0.15) is 0 Å². The number of amides is 2. The van der Waals surface area contributed by atoms with Crippen LogP contribution in [0, 0.1) is 13.8 Å². The Hall–Kier alpha value is -3.12. The molecule has 2 heterocycles. The van der Waals surface area contributed by atoms with Crippen LogP contribution >= 0.6 is 0 Å². The van der Waals surface area contributed by atoms with Crippen LogP contribution in [0.1, 0.15) is 44.4 Å². The van der Waals surface area contributed by atoms with E-state index in [-0.39, 0.29) is 30.1 Å². The highest BCUT2D eigenvalue weighted by Gasteiger charge is 2.44. The fourth-order valence-corrected chi connectivity index (χ4v) is 4.68. The number of rotatable bonds is 5. The number of carbonyl (C=O) groups is 2. The molecule has 0 N–H and O–H groups in total. The molecular weight excluding hydrogens is 416 g/mol. The molecule has 2 aliphatic rings. The monoisotopic (exact) mass is 448 g/mol. The van der Waals surface area contributed by atoms with Crippen LogP contribution < -0.4 is 9.64 Å². The van der Waals surface area contributed by atoms with Gasteiger partial charge < -0.3 is 14.4 Å². The number of anilines is 1. The van der Waals surface area contributed by atoms with Gasteiger partial charge in [0.1, 0.15) is 11.4 Å². The lowest BCUT2D eigenvalue weighted by molar-refractivity contribution is -0.121. The van der Waals surface area contributed by atoms with Crippen molar-refractivity contribution < 1.29 is 19.1 Å². The van der Waals surface area contributed by atoms with Gasteiger partial charge in [-0.25, -0.2) is 4.90 Å². The molecule has 2 unspecified atom stereocenters. The van der Waals surface area contributed by atoms with E-state index in [1.165, 1.54) is 4.90 Å². The molecule has 33 heavy (non-hydrogen) atoms. The standard InChI is InChI=1S/C27H32N2O4/c1-16(2)32-22-10-8-21(9-11-22)24-25(28-14-19(5)33-20(6)15-28)27(31)29(26(24)30)23-12-7-17(3)13-18(23)4/h7-13,16,19-20H,14-15H2,1-6H3. The van der Waals surface area contributed by atoms with Gasteiger partial charge in [-0.1, -0.05) is 29.8 Å². The first-order chi connectivity index (χ1) is 15.7. The van der Waals surface area contributed by atoms with E-state index >= 15 is 0 Å². The van der Waals surface area contributed by atoms with E-state index in [1.807, 2.05) is 88.9 Å². The van der Waals surface area contributed by atoms with Crippen LogP contribution in [0.15, 0.2) is 48.2 Å². The third-order valence-corrected chi connectivity index (χ3v) is 5.90. The number of nitrogens with zero attached hydrogens (tertiary/aromatic N) is 2. The number of benzene rings is 2. The number of carbonyl (C=O) groups excluding carboxylic acids is 2. The van der Waals surface area contributed by atoms with Gasteiger partial charge in [0.05, 0.1) is 29.6 Å². The average molecular weight is 449 g/mol. The Morgan fingerprint density at radius 2 is 1.58 bits per heavy atom. The van der Waals surface area contributed by atoms with Crippen molar-refractivity contribution in [2.75, 3.05) is 18.0 Å². The van der Waals surface area contributed by atoms with E-state index < -0.39 is 0 Å². The Balaban J connectivity index is 1.81. The summed E-state index contributed by atoms with van der Waals surface area (Å²) in [5.41, 5.74) is 4.18. The van der Waals surface area contributed by atoms with Gasteiger partial charge in [-0.05, 0) is 70.9 Å². The fourth-order valence-electron chi connectivity index (χ4n) is 4.68. The average Bonchev–Trinajstić information content (AvgIpc) is 2.98. The van der Waals surface area contributed by atoms with Gasteiger partial charge in [0, 0.05) is 13.1 Å². The van der Waals surface area contributed by atoms with Crippen molar-refractivity contribution in [3.05, 3.63) is 64.9 Å². The number of hydrogen-bond acceptors (Lipinski definition) is 5. The van der Waals surface area contributed by atoms with Crippen molar-refractivity contribution in [3.63, 3.8) is 0 Å². The Bertz CT molecular complexity index is 1090. The first-order valence-corrected chi connectivity index (χ1v) is 11.5. The zero-order valence-corrected chi connectivity index (χ0v) is 20.2. The van der Waals surface area contributed by atoms with Crippen LogP contribution in [0.5, 0.6) is 5.75 Å². The number of morpholine rings is 1. The van der Waals surface area contributed by atoms with Gasteiger partial charge in [0.25, 0.3) is 11.8 Å². The summed E-state index contributed by atoms with van der Waals surface area (Å²) in [6.07, 6.45) is -0.0265. The van der Waals surface area contributed by atoms with Crippen LogP contribution in [0.25, 0.3) is 5.57 Å². The number of hydrogen-bond donors (Lipinski definition) is 0. The van der Waals surface area contributed by atoms with E-state index in [0.29, 0.717) is 35.6 Å². The minimum atomic E-state index is -0.300. The van der Waals surface area contributed by atoms with Crippen molar-refractivity contribution in [3.8, 4) is 5.75 Å². The highest BCUT2D eigenvalue weighted by molar-refractivity contribution is 6.45. The zero-order chi connectivity index (χ0) is 23.9. The molecule has 0 spiro atoms. The van der Waals surface area contributed by atoms with Gasteiger partial charge in [0.15, 0.2) is 0 Å². The highest BCUT2D eigenvalue weighted by atomic mass is 16.5. The fraction of sp³-hybridized carbons (Fsp3) is 0.407. The summed E-state index contributed by atoms with van der Waals surface area (Å²) in [6.45, 7) is 12.9. The SMILES string of the molecule is Cc1ccc(N2C(=O)C(c3ccc(OC(C)C)cc3)=C(N3CC(C)OC(C)C3)C2=O)c(C)c1. The minimum absolute atomic E-state index is 0.0395. The first-order valence-electron chi connectivity index (χ1n) is 11.5. The Morgan fingerprint density at radius 1 is 0.939 bits per heavy atom. The van der Waals surface area contributed by atoms with Gasteiger partial charge in [0.2, 0.25) is 0 Å². The minimum Gasteiger partial charge on any atom is -0.491 e. The Kier molecular flexibility index (Phi) is 6.30. The maximum Gasteiger partial charge on any atom is 0.282 e. The summed E-state index contributed by atoms with van der Waals surface area (Å²) in [7, 11) is 0. The molecule has 174 valence electrons. The van der Waals surface area contributed by atoms with E-state index in [4.69, 9.17) is 9.47 Å². The molecule has 2 aromatic rings. The zero-order valence-electron chi connectivity index (χ0n) is 20.2. The normalized spacial score (nSPS) is 21.4. The summed E-state index contributed by atoms with van der Waals surface area (Å²) in [5, 5.41) is 0. The molecule has 0 radical (unpaired) electrons. The van der Waals surface area contributed by atoms with Crippen LogP contribution in [0.3, 0.4) is 0 Å². The molecule has 2 aliphatic heterocycles. The second-order valence-electron chi connectivity index (χ2n) is 9.31. The predicted octanol–water partition coefficient (Wildman–Crippen LogP) is 4.48. The molecule has 4 rings (SSSR count). The van der Waals surface area contributed by atoms with Gasteiger partial charge >= 0.3 is 0 Å². The van der Waals surface area contributed by atoms with E-state index in [9.17, 15) is 9.59 Å². The number of ether oxygens (including phenoxy) is 2. The lowest BCUT2D eigenvalue weighted by Crippen LogP contribution is -2.47. The molecule has 0 aliphatic carbocycles. The largest absolute Gasteiger partial charge is 0.491 e. The molecule has 1 fully saturated rings. The molecule has 6 nitrogen and oxygen atoms in total. The van der Waals surface area contributed by atoms with Crippen LogP contribution in [0.2, 0.25) is 0 Å². The number of imide groups is 1. The van der Waals surface area contributed by atoms with Gasteiger partial charge in [-0.15, -0.1) is 0 Å². The molecular formula is C27H32N2O4. The van der Waals surface area contributed by atoms with Gasteiger partial charge in [-0.3, -0.25) is 9.59 Å². The van der Waals surface area contributed by atoms with Crippen LogP contribution in [-0.4, -0.2) is 48.1 Å². The summed E-state index contributed by atoms with van der Waals surface area (Å²) in [6, 6.07) is 13.2. The lowest BCUT2D eigenvalue weighted by Gasteiger charge is -2.37. The highest BCUT2D eigenvalue weighted by Crippen LogP contribution is 2.37. The smallest absolute Gasteiger partial charge is 0.282 e. The Labute approximate surface area is 195 Å². The van der Waals surface area contributed by atoms with Crippen molar-refractivity contribution >= 4 is 23.1 Å². The van der Waals surface area contributed by atoms with Crippen molar-refractivity contribution in [1.82, 2.24) is 4.90 Å². The van der Waals surface area contributed by atoms with Crippen molar-refractivity contribution in [2.45, 2.75) is 59.9 Å². The molecule has 2 amide bonds. The molecule has 2 aromatic carbocycles. The number of aryl methyl sites for hydroxylation is 2.